The first-order chi connectivity index (χ1) is 16.8. The van der Waals surface area contributed by atoms with Crippen molar-refractivity contribution in [2.75, 3.05) is 5.32 Å². The van der Waals surface area contributed by atoms with Crippen LogP contribution in [0.3, 0.4) is 0 Å². The Morgan fingerprint density at radius 2 is 1.89 bits per heavy atom. The van der Waals surface area contributed by atoms with E-state index in [0.717, 1.165) is 49.2 Å². The van der Waals surface area contributed by atoms with Crippen LogP contribution in [-0.4, -0.2) is 26.9 Å². The van der Waals surface area contributed by atoms with Crippen molar-refractivity contribution in [2.24, 2.45) is 11.8 Å². The molecule has 2 aromatic heterocycles. The molecule has 1 aromatic carbocycles. The summed E-state index contributed by atoms with van der Waals surface area (Å²) in [5, 5.41) is 6.24. The fourth-order valence-corrected chi connectivity index (χ4v) is 5.01. The summed E-state index contributed by atoms with van der Waals surface area (Å²) < 4.78 is 38.3. The lowest BCUT2D eigenvalue weighted by molar-refractivity contribution is -0.137. The van der Waals surface area contributed by atoms with Crippen LogP contribution in [-0.2, 0) is 6.18 Å². The van der Waals surface area contributed by atoms with E-state index in [1.165, 1.54) is 30.4 Å². The number of halogens is 3. The van der Waals surface area contributed by atoms with Gasteiger partial charge in [0.2, 0.25) is 0 Å². The minimum absolute atomic E-state index is 0.135. The molecule has 0 aliphatic heterocycles. The molecule has 2 N–H and O–H groups in total. The molecule has 6 rings (SSSR count). The highest BCUT2D eigenvalue weighted by Crippen LogP contribution is 2.45. The molecule has 3 saturated carbocycles. The Balaban J connectivity index is 1.25. The van der Waals surface area contributed by atoms with Gasteiger partial charge in [-0.2, -0.15) is 13.2 Å². The number of benzene rings is 1. The second-order valence-electron chi connectivity index (χ2n) is 9.08. The zero-order chi connectivity index (χ0) is 24.4. The fourth-order valence-electron chi connectivity index (χ4n) is 5.01. The maximum Gasteiger partial charge on any atom is 0.417 e. The summed E-state index contributed by atoms with van der Waals surface area (Å²) in [6.07, 6.45) is 7.09. The molecule has 35 heavy (non-hydrogen) atoms. The summed E-state index contributed by atoms with van der Waals surface area (Å²) in [6, 6.07) is 10.2. The number of pyridine rings is 1. The van der Waals surface area contributed by atoms with Crippen LogP contribution in [0.2, 0.25) is 0 Å². The lowest BCUT2D eigenvalue weighted by atomic mass is 9.65. The number of nitrogens with zero attached hydrogens (tertiary/aromatic N) is 3. The number of carbonyl (C=O) groups is 1. The number of hydrogen-bond acceptors (Lipinski definition) is 5. The number of allylic oxidation sites excluding steroid dienone is 1. The summed E-state index contributed by atoms with van der Waals surface area (Å²) in [5.74, 6) is 1.01. The van der Waals surface area contributed by atoms with Gasteiger partial charge in [0, 0.05) is 30.3 Å². The summed E-state index contributed by atoms with van der Waals surface area (Å²) in [5.41, 5.74) is 2.84. The van der Waals surface area contributed by atoms with E-state index < -0.39 is 11.7 Å². The summed E-state index contributed by atoms with van der Waals surface area (Å²) >= 11 is 0. The third-order valence-corrected chi connectivity index (χ3v) is 6.76. The Hall–Kier alpha value is -3.75. The molecule has 3 fully saturated rings. The number of rotatable bonds is 5. The molecule has 3 aliphatic carbocycles. The number of carbonyl (C=O) groups excluding carboxylic acids is 1. The van der Waals surface area contributed by atoms with Gasteiger partial charge in [0.05, 0.1) is 11.1 Å². The van der Waals surface area contributed by atoms with Crippen LogP contribution in [0.5, 0.6) is 0 Å². The molecule has 2 bridgehead atoms. The van der Waals surface area contributed by atoms with E-state index in [2.05, 4.69) is 31.7 Å². The predicted molar refractivity (Wildman–Crippen MR) is 126 cm³/mol. The normalized spacial score (nSPS) is 22.7. The van der Waals surface area contributed by atoms with Crippen LogP contribution < -0.4 is 10.6 Å². The third-order valence-electron chi connectivity index (χ3n) is 6.76. The minimum atomic E-state index is -4.41. The van der Waals surface area contributed by atoms with Crippen LogP contribution in [0.1, 0.15) is 47.2 Å². The molecule has 0 spiro atoms. The highest BCUT2D eigenvalue weighted by Gasteiger charge is 2.39. The molecule has 3 aromatic rings. The number of aromatic nitrogens is 3. The van der Waals surface area contributed by atoms with Gasteiger partial charge in [0.25, 0.3) is 5.91 Å². The molecule has 3 atom stereocenters. The summed E-state index contributed by atoms with van der Waals surface area (Å²) in [4.78, 5) is 24.3. The van der Waals surface area contributed by atoms with Gasteiger partial charge in [-0.3, -0.25) is 4.79 Å². The summed E-state index contributed by atoms with van der Waals surface area (Å²) in [7, 11) is 0. The number of fused-ring (bicyclic) bond motifs is 3. The van der Waals surface area contributed by atoms with Gasteiger partial charge >= 0.3 is 6.18 Å². The van der Waals surface area contributed by atoms with E-state index in [1.807, 2.05) is 24.3 Å². The van der Waals surface area contributed by atoms with Crippen molar-refractivity contribution in [3.63, 3.8) is 0 Å². The second-order valence-corrected chi connectivity index (χ2v) is 9.08. The van der Waals surface area contributed by atoms with E-state index in [1.54, 1.807) is 0 Å². The largest absolute Gasteiger partial charge is 0.417 e. The molecule has 0 saturated heterocycles. The Labute approximate surface area is 200 Å². The Bertz CT molecular complexity index is 1230. The second kappa shape index (κ2) is 9.48. The van der Waals surface area contributed by atoms with Crippen molar-refractivity contribution < 1.29 is 18.0 Å². The van der Waals surface area contributed by atoms with E-state index in [9.17, 15) is 18.0 Å². The van der Waals surface area contributed by atoms with Crippen molar-refractivity contribution in [1.82, 2.24) is 20.3 Å². The highest BCUT2D eigenvalue weighted by molar-refractivity contribution is 5.93. The van der Waals surface area contributed by atoms with Gasteiger partial charge in [0.15, 0.2) is 0 Å². The molecule has 6 nitrogen and oxygen atoms in total. The van der Waals surface area contributed by atoms with E-state index in [4.69, 9.17) is 0 Å². The van der Waals surface area contributed by atoms with Gasteiger partial charge < -0.3 is 10.6 Å². The smallest absolute Gasteiger partial charge is 0.349 e. The van der Waals surface area contributed by atoms with Gasteiger partial charge in [-0.1, -0.05) is 23.8 Å². The lowest BCUT2D eigenvalue weighted by Gasteiger charge is -2.44. The molecule has 1 amide bonds. The first-order valence-electron chi connectivity index (χ1n) is 11.5. The van der Waals surface area contributed by atoms with Gasteiger partial charge in [-0.05, 0) is 67.3 Å². The number of nitrogens with one attached hydrogen (secondary N) is 2. The predicted octanol–water partition coefficient (Wildman–Crippen LogP) is 5.64. The Morgan fingerprint density at radius 1 is 1.06 bits per heavy atom. The minimum Gasteiger partial charge on any atom is -0.349 e. The van der Waals surface area contributed by atoms with Crippen LogP contribution in [0.15, 0.2) is 66.9 Å². The fraction of sp³-hybridized carbons (Fsp3) is 0.308. The van der Waals surface area contributed by atoms with Gasteiger partial charge in [-0.25, -0.2) is 15.0 Å². The molecular formula is C26H24F3N5O. The van der Waals surface area contributed by atoms with E-state index >= 15 is 0 Å². The monoisotopic (exact) mass is 479 g/mol. The average molecular weight is 480 g/mol. The van der Waals surface area contributed by atoms with Crippen LogP contribution in [0.4, 0.5) is 24.7 Å². The average Bonchev–Trinajstić information content (AvgIpc) is 2.85. The van der Waals surface area contributed by atoms with Crippen molar-refractivity contribution in [1.29, 1.82) is 0 Å². The van der Waals surface area contributed by atoms with Crippen LogP contribution in [0, 0.1) is 11.8 Å². The number of anilines is 2. The van der Waals surface area contributed by atoms with Crippen LogP contribution >= 0.6 is 0 Å². The molecule has 180 valence electrons. The zero-order valence-corrected chi connectivity index (χ0v) is 18.8. The van der Waals surface area contributed by atoms with Crippen molar-refractivity contribution in [3.05, 3.63) is 83.6 Å². The molecule has 9 heteroatoms. The molecule has 3 aliphatic rings. The maximum absolute atomic E-state index is 12.8. The standard InChI is InChI=1S/C26H24F3N5O/c27-26(28,29)21-6-7-24(32-14-21)33-22-3-1-2-16(9-22)8-19-10-18-5-4-17(19)11-23(18)34-25(35)20-12-30-15-31-13-20/h1-3,6-9,12-15,17-18,23H,4-5,10-11H2,(H,32,33)(H,34,35). The lowest BCUT2D eigenvalue weighted by Crippen LogP contribution is -2.47. The first kappa shape index (κ1) is 23.0. The van der Waals surface area contributed by atoms with E-state index in [0.29, 0.717) is 23.2 Å². The number of hydrogen-bond donors (Lipinski definition) is 2. The maximum atomic E-state index is 12.8. The molecule has 3 unspecified atom stereocenters. The zero-order valence-electron chi connectivity index (χ0n) is 18.8. The first-order valence-corrected chi connectivity index (χ1v) is 11.5. The third kappa shape index (κ3) is 5.34. The molecular weight excluding hydrogens is 455 g/mol. The summed E-state index contributed by atoms with van der Waals surface area (Å²) in [6.45, 7) is 0. The van der Waals surface area contributed by atoms with Gasteiger partial charge in [-0.15, -0.1) is 0 Å². The SMILES string of the molecule is O=C(NC1CC2CCC1CC2=Cc1cccc(Nc2ccc(C(F)(F)F)cn2)c1)c1cncnc1. The highest BCUT2D eigenvalue weighted by atomic mass is 19.4. The van der Waals surface area contributed by atoms with E-state index in [-0.39, 0.29) is 11.9 Å². The van der Waals surface area contributed by atoms with Gasteiger partial charge in [0.1, 0.15) is 12.1 Å². The number of alkyl halides is 3. The quantitative estimate of drug-likeness (QED) is 0.495. The topological polar surface area (TPSA) is 79.8 Å². The van der Waals surface area contributed by atoms with Crippen molar-refractivity contribution in [3.8, 4) is 0 Å². The van der Waals surface area contributed by atoms with Crippen molar-refractivity contribution >= 4 is 23.5 Å². The molecule has 0 radical (unpaired) electrons. The Morgan fingerprint density at radius 3 is 2.57 bits per heavy atom. The van der Waals surface area contributed by atoms with Crippen molar-refractivity contribution in [2.45, 2.75) is 37.9 Å². The molecule has 2 heterocycles. The Kier molecular flexibility index (Phi) is 6.23. The van der Waals surface area contributed by atoms with Crippen LogP contribution in [0.25, 0.3) is 6.08 Å². The number of amides is 1.